The Bertz CT molecular complexity index is 757. The van der Waals surface area contributed by atoms with Gasteiger partial charge in [0.2, 0.25) is 11.8 Å². The van der Waals surface area contributed by atoms with Gasteiger partial charge in [-0.25, -0.2) is 0 Å². The summed E-state index contributed by atoms with van der Waals surface area (Å²) < 4.78 is 10.9. The fraction of sp³-hybridized carbons (Fsp3) is 0.467. The molecule has 0 aliphatic rings. The highest BCUT2D eigenvalue weighted by molar-refractivity contribution is 7.13. The Labute approximate surface area is 138 Å². The van der Waals surface area contributed by atoms with E-state index in [1.54, 1.807) is 11.3 Å². The molecule has 8 heteroatoms. The standard InChI is InChI=1S/C15H19N5O2S/c1-9(12-17-14(20-22-12)15(2,3)4)16-8-11-18-19-13(21-11)10-6-5-7-23-10/h5-7,9,16H,8H2,1-4H3. The largest absolute Gasteiger partial charge is 0.419 e. The summed E-state index contributed by atoms with van der Waals surface area (Å²) in [7, 11) is 0. The van der Waals surface area contributed by atoms with Gasteiger partial charge in [-0.1, -0.05) is 32.0 Å². The molecule has 0 aromatic carbocycles. The van der Waals surface area contributed by atoms with Crippen molar-refractivity contribution in [3.05, 3.63) is 35.1 Å². The second-order valence-electron chi connectivity index (χ2n) is 6.29. The summed E-state index contributed by atoms with van der Waals surface area (Å²) in [5, 5.41) is 17.3. The zero-order valence-electron chi connectivity index (χ0n) is 13.5. The first-order valence-corrected chi connectivity index (χ1v) is 8.25. The van der Waals surface area contributed by atoms with Crippen molar-refractivity contribution in [3.63, 3.8) is 0 Å². The minimum atomic E-state index is -0.135. The molecule has 3 aromatic heterocycles. The van der Waals surface area contributed by atoms with Crippen LogP contribution in [0, 0.1) is 0 Å². The maximum Gasteiger partial charge on any atom is 0.257 e. The molecule has 0 radical (unpaired) electrons. The molecule has 1 atom stereocenters. The van der Waals surface area contributed by atoms with E-state index in [4.69, 9.17) is 8.94 Å². The lowest BCUT2D eigenvalue weighted by atomic mass is 9.96. The van der Waals surface area contributed by atoms with Gasteiger partial charge >= 0.3 is 0 Å². The monoisotopic (exact) mass is 333 g/mol. The summed E-state index contributed by atoms with van der Waals surface area (Å²) in [4.78, 5) is 5.40. The van der Waals surface area contributed by atoms with Gasteiger partial charge in [-0.15, -0.1) is 21.5 Å². The third kappa shape index (κ3) is 3.65. The second-order valence-corrected chi connectivity index (χ2v) is 7.23. The van der Waals surface area contributed by atoms with E-state index in [9.17, 15) is 0 Å². The van der Waals surface area contributed by atoms with Gasteiger partial charge < -0.3 is 8.94 Å². The third-order valence-corrected chi connectivity index (χ3v) is 4.10. The summed E-state index contributed by atoms with van der Waals surface area (Å²) in [6.07, 6.45) is 0. The Kier molecular flexibility index (Phi) is 4.27. The van der Waals surface area contributed by atoms with Crippen LogP contribution in [0.5, 0.6) is 0 Å². The summed E-state index contributed by atoms with van der Waals surface area (Å²) in [6.45, 7) is 8.53. The number of thiophene rings is 1. The average Bonchev–Trinajstić information content (AvgIpc) is 3.22. The smallest absolute Gasteiger partial charge is 0.257 e. The van der Waals surface area contributed by atoms with Gasteiger partial charge in [-0.2, -0.15) is 4.98 Å². The predicted molar refractivity (Wildman–Crippen MR) is 85.9 cm³/mol. The van der Waals surface area contributed by atoms with Crippen LogP contribution in [0.15, 0.2) is 26.5 Å². The van der Waals surface area contributed by atoms with E-state index in [-0.39, 0.29) is 11.5 Å². The molecule has 23 heavy (non-hydrogen) atoms. The molecule has 0 bridgehead atoms. The molecule has 0 saturated heterocycles. The van der Waals surface area contributed by atoms with Gasteiger partial charge in [0.25, 0.3) is 5.89 Å². The van der Waals surface area contributed by atoms with Crippen LogP contribution in [0.3, 0.4) is 0 Å². The lowest BCUT2D eigenvalue weighted by molar-refractivity contribution is 0.325. The number of hydrogen-bond acceptors (Lipinski definition) is 8. The fourth-order valence-corrected chi connectivity index (χ4v) is 2.51. The predicted octanol–water partition coefficient (Wildman–Crippen LogP) is 3.33. The van der Waals surface area contributed by atoms with Gasteiger partial charge in [0.15, 0.2) is 5.82 Å². The Balaban J connectivity index is 1.61. The maximum absolute atomic E-state index is 5.63. The van der Waals surface area contributed by atoms with Crippen LogP contribution >= 0.6 is 11.3 Å². The molecular weight excluding hydrogens is 314 g/mol. The number of rotatable bonds is 5. The summed E-state index contributed by atoms with van der Waals surface area (Å²) in [5.41, 5.74) is -0.135. The molecule has 0 fully saturated rings. The van der Waals surface area contributed by atoms with E-state index in [2.05, 4.69) is 25.7 Å². The molecule has 0 spiro atoms. The lowest BCUT2D eigenvalue weighted by Gasteiger charge is -2.11. The Morgan fingerprint density at radius 3 is 2.78 bits per heavy atom. The van der Waals surface area contributed by atoms with Crippen molar-refractivity contribution in [1.29, 1.82) is 0 Å². The highest BCUT2D eigenvalue weighted by atomic mass is 32.1. The van der Waals surface area contributed by atoms with Crippen molar-refractivity contribution in [2.45, 2.75) is 45.7 Å². The van der Waals surface area contributed by atoms with Crippen molar-refractivity contribution in [2.24, 2.45) is 0 Å². The highest BCUT2D eigenvalue weighted by Gasteiger charge is 2.23. The average molecular weight is 333 g/mol. The van der Waals surface area contributed by atoms with E-state index in [1.807, 2.05) is 45.2 Å². The molecule has 122 valence electrons. The Morgan fingerprint density at radius 2 is 2.13 bits per heavy atom. The van der Waals surface area contributed by atoms with Crippen LogP contribution in [0.25, 0.3) is 10.8 Å². The second kappa shape index (κ2) is 6.21. The number of nitrogens with one attached hydrogen (secondary N) is 1. The molecule has 3 heterocycles. The Hall–Kier alpha value is -2.06. The topological polar surface area (TPSA) is 89.9 Å². The number of aromatic nitrogens is 4. The van der Waals surface area contributed by atoms with E-state index in [0.717, 1.165) is 4.88 Å². The molecule has 1 unspecified atom stereocenters. The van der Waals surface area contributed by atoms with Crippen molar-refractivity contribution >= 4 is 11.3 Å². The third-order valence-electron chi connectivity index (χ3n) is 3.24. The SMILES string of the molecule is CC(NCc1nnc(-c2cccs2)o1)c1nc(C(C)(C)C)no1. The molecule has 0 aliphatic heterocycles. The molecule has 0 saturated carbocycles. The van der Waals surface area contributed by atoms with Crippen LogP contribution in [-0.2, 0) is 12.0 Å². The van der Waals surface area contributed by atoms with Crippen molar-refractivity contribution in [3.8, 4) is 10.8 Å². The molecular formula is C15H19N5O2S. The van der Waals surface area contributed by atoms with E-state index in [1.165, 1.54) is 0 Å². The Morgan fingerprint density at radius 1 is 1.30 bits per heavy atom. The van der Waals surface area contributed by atoms with Crippen molar-refractivity contribution in [2.75, 3.05) is 0 Å². The van der Waals surface area contributed by atoms with Gasteiger partial charge in [-0.05, 0) is 18.4 Å². The maximum atomic E-state index is 5.63. The quantitative estimate of drug-likeness (QED) is 0.766. The first-order chi connectivity index (χ1) is 10.9. The van der Waals surface area contributed by atoms with Crippen molar-refractivity contribution < 1.29 is 8.94 Å². The number of hydrogen-bond donors (Lipinski definition) is 1. The van der Waals surface area contributed by atoms with Gasteiger partial charge in [0.05, 0.1) is 17.5 Å². The molecule has 0 aliphatic carbocycles. The van der Waals surface area contributed by atoms with Crippen molar-refractivity contribution in [1.82, 2.24) is 25.7 Å². The van der Waals surface area contributed by atoms with Crippen LogP contribution in [-0.4, -0.2) is 20.3 Å². The van der Waals surface area contributed by atoms with Crippen LogP contribution < -0.4 is 5.32 Å². The van der Waals surface area contributed by atoms with Crippen LogP contribution in [0.2, 0.25) is 0 Å². The first-order valence-electron chi connectivity index (χ1n) is 7.37. The van der Waals surface area contributed by atoms with E-state index in [0.29, 0.717) is 30.0 Å². The molecule has 0 amide bonds. The van der Waals surface area contributed by atoms with Crippen LogP contribution in [0.1, 0.15) is 51.3 Å². The molecule has 3 aromatic rings. The van der Waals surface area contributed by atoms with E-state index < -0.39 is 0 Å². The minimum absolute atomic E-state index is 0.101. The summed E-state index contributed by atoms with van der Waals surface area (Å²) in [6, 6.07) is 3.80. The normalized spacial score (nSPS) is 13.4. The van der Waals surface area contributed by atoms with Crippen LogP contribution in [0.4, 0.5) is 0 Å². The van der Waals surface area contributed by atoms with Gasteiger partial charge in [0.1, 0.15) is 0 Å². The fourth-order valence-electron chi connectivity index (χ4n) is 1.87. The molecule has 3 rings (SSSR count). The zero-order chi connectivity index (χ0) is 16.4. The minimum Gasteiger partial charge on any atom is -0.419 e. The highest BCUT2D eigenvalue weighted by Crippen LogP contribution is 2.23. The summed E-state index contributed by atoms with van der Waals surface area (Å²) >= 11 is 1.57. The van der Waals surface area contributed by atoms with Gasteiger partial charge in [0, 0.05) is 5.41 Å². The summed E-state index contributed by atoms with van der Waals surface area (Å²) in [5.74, 6) is 2.31. The van der Waals surface area contributed by atoms with E-state index >= 15 is 0 Å². The molecule has 1 N–H and O–H groups in total. The van der Waals surface area contributed by atoms with Gasteiger partial charge in [-0.3, -0.25) is 5.32 Å². The zero-order valence-corrected chi connectivity index (χ0v) is 14.3. The lowest BCUT2D eigenvalue weighted by Crippen LogP contribution is -2.19. The first kappa shape index (κ1) is 15.8. The number of nitrogens with zero attached hydrogens (tertiary/aromatic N) is 4. The molecule has 7 nitrogen and oxygen atoms in total.